The highest BCUT2D eigenvalue weighted by Crippen LogP contribution is 2.10. The van der Waals surface area contributed by atoms with Gasteiger partial charge < -0.3 is 24.9 Å². The molecule has 2 aromatic heterocycles. The van der Waals surface area contributed by atoms with Crippen molar-refractivity contribution in [2.75, 3.05) is 33.2 Å². The van der Waals surface area contributed by atoms with Crippen molar-refractivity contribution in [1.29, 1.82) is 0 Å². The second-order valence-electron chi connectivity index (χ2n) is 6.22. The molecule has 27 heavy (non-hydrogen) atoms. The van der Waals surface area contributed by atoms with Crippen LogP contribution in [0.25, 0.3) is 0 Å². The Morgan fingerprint density at radius 1 is 1.33 bits per heavy atom. The van der Waals surface area contributed by atoms with Gasteiger partial charge in [-0.2, -0.15) is 0 Å². The molecule has 0 spiro atoms. The summed E-state index contributed by atoms with van der Waals surface area (Å²) in [4.78, 5) is 20.0. The standard InChI is InChI=1S/C17H24N6O3.HI/c1-12-9-13(21-26-12)11-22-5-7-23(8-6-22)17(19-2)20-10-14-3-4-15(25-14)16(18)24;/h3-4,9H,5-8,10-11H2,1-2H3,(H2,18,24)(H,19,20);1H. The molecule has 3 N–H and O–H groups in total. The SMILES string of the molecule is CN=C(NCc1ccc(C(N)=O)o1)N1CCN(Cc2cc(C)on2)CC1.I. The Balaban J connectivity index is 0.00000261. The van der Waals surface area contributed by atoms with E-state index in [1.165, 1.54) is 0 Å². The molecule has 1 aliphatic heterocycles. The van der Waals surface area contributed by atoms with Crippen molar-refractivity contribution in [3.05, 3.63) is 41.2 Å². The summed E-state index contributed by atoms with van der Waals surface area (Å²) >= 11 is 0. The molecule has 2 aromatic rings. The molecule has 3 heterocycles. The number of nitrogens with one attached hydrogen (secondary N) is 1. The molecule has 148 valence electrons. The van der Waals surface area contributed by atoms with Gasteiger partial charge in [-0.3, -0.25) is 14.7 Å². The summed E-state index contributed by atoms with van der Waals surface area (Å²) in [5.41, 5.74) is 6.16. The predicted molar refractivity (Wildman–Crippen MR) is 111 cm³/mol. The van der Waals surface area contributed by atoms with Crippen molar-refractivity contribution in [1.82, 2.24) is 20.3 Å². The van der Waals surface area contributed by atoms with Crippen LogP contribution in [0, 0.1) is 6.92 Å². The predicted octanol–water partition coefficient (Wildman–Crippen LogP) is 1.19. The first-order valence-electron chi connectivity index (χ1n) is 8.54. The van der Waals surface area contributed by atoms with E-state index in [0.717, 1.165) is 50.1 Å². The molecule has 0 bridgehead atoms. The zero-order chi connectivity index (χ0) is 18.5. The van der Waals surface area contributed by atoms with Crippen LogP contribution in [0.2, 0.25) is 0 Å². The van der Waals surface area contributed by atoms with Gasteiger partial charge in [0.2, 0.25) is 0 Å². The number of rotatable bonds is 5. The van der Waals surface area contributed by atoms with Gasteiger partial charge in [-0.1, -0.05) is 5.16 Å². The maximum Gasteiger partial charge on any atom is 0.284 e. The lowest BCUT2D eigenvalue weighted by Crippen LogP contribution is -2.52. The summed E-state index contributed by atoms with van der Waals surface area (Å²) in [6, 6.07) is 5.28. The molecule has 1 fully saturated rings. The number of aromatic nitrogens is 1. The minimum Gasteiger partial charge on any atom is -0.454 e. The highest BCUT2D eigenvalue weighted by Gasteiger charge is 2.20. The fourth-order valence-electron chi connectivity index (χ4n) is 2.94. The lowest BCUT2D eigenvalue weighted by atomic mass is 10.3. The molecule has 1 amide bonds. The van der Waals surface area contributed by atoms with E-state index < -0.39 is 5.91 Å². The smallest absolute Gasteiger partial charge is 0.284 e. The summed E-state index contributed by atoms with van der Waals surface area (Å²) in [6.45, 7) is 6.69. The molecular formula is C17H25IN6O3. The van der Waals surface area contributed by atoms with E-state index in [1.807, 2.05) is 13.0 Å². The van der Waals surface area contributed by atoms with Gasteiger partial charge in [-0.05, 0) is 19.1 Å². The first-order chi connectivity index (χ1) is 12.5. The van der Waals surface area contributed by atoms with Crippen LogP contribution in [-0.2, 0) is 13.1 Å². The number of piperazine rings is 1. The molecule has 10 heteroatoms. The molecular weight excluding hydrogens is 463 g/mol. The van der Waals surface area contributed by atoms with E-state index in [9.17, 15) is 4.79 Å². The molecule has 1 saturated heterocycles. The van der Waals surface area contributed by atoms with Crippen molar-refractivity contribution in [2.24, 2.45) is 10.7 Å². The van der Waals surface area contributed by atoms with Crippen LogP contribution in [0.3, 0.4) is 0 Å². The summed E-state index contributed by atoms with van der Waals surface area (Å²) in [6.07, 6.45) is 0. The zero-order valence-corrected chi connectivity index (χ0v) is 17.8. The molecule has 0 aliphatic carbocycles. The Morgan fingerprint density at radius 2 is 2.07 bits per heavy atom. The van der Waals surface area contributed by atoms with Crippen molar-refractivity contribution in [3.63, 3.8) is 0 Å². The van der Waals surface area contributed by atoms with Crippen LogP contribution in [0.5, 0.6) is 0 Å². The molecule has 0 aromatic carbocycles. The number of halogens is 1. The third kappa shape index (κ3) is 5.70. The number of nitrogens with two attached hydrogens (primary N) is 1. The van der Waals surface area contributed by atoms with Crippen LogP contribution in [0.1, 0.15) is 27.8 Å². The van der Waals surface area contributed by atoms with Crippen LogP contribution in [0.4, 0.5) is 0 Å². The second kappa shape index (κ2) is 9.74. The first kappa shape index (κ1) is 21.2. The normalized spacial score (nSPS) is 15.5. The quantitative estimate of drug-likeness (QED) is 0.369. The van der Waals surface area contributed by atoms with Crippen LogP contribution >= 0.6 is 24.0 Å². The van der Waals surface area contributed by atoms with Crippen molar-refractivity contribution in [2.45, 2.75) is 20.0 Å². The van der Waals surface area contributed by atoms with E-state index in [0.29, 0.717) is 12.3 Å². The molecule has 0 radical (unpaired) electrons. The van der Waals surface area contributed by atoms with Gasteiger partial charge in [0.05, 0.1) is 12.2 Å². The summed E-state index contributed by atoms with van der Waals surface area (Å²) in [7, 11) is 1.75. The van der Waals surface area contributed by atoms with Gasteiger partial charge in [0, 0.05) is 45.8 Å². The fraction of sp³-hybridized carbons (Fsp3) is 0.471. The number of aryl methyl sites for hydroxylation is 1. The van der Waals surface area contributed by atoms with E-state index >= 15 is 0 Å². The molecule has 3 rings (SSSR count). The van der Waals surface area contributed by atoms with Crippen LogP contribution < -0.4 is 11.1 Å². The molecule has 0 atom stereocenters. The number of amides is 1. The second-order valence-corrected chi connectivity index (χ2v) is 6.22. The number of aliphatic imine (C=N–C) groups is 1. The molecule has 9 nitrogen and oxygen atoms in total. The summed E-state index contributed by atoms with van der Waals surface area (Å²) < 4.78 is 10.5. The fourth-order valence-corrected chi connectivity index (χ4v) is 2.94. The van der Waals surface area contributed by atoms with Gasteiger partial charge in [0.15, 0.2) is 11.7 Å². The number of primary amides is 1. The van der Waals surface area contributed by atoms with Gasteiger partial charge in [-0.15, -0.1) is 24.0 Å². The Morgan fingerprint density at radius 3 is 2.63 bits per heavy atom. The third-order valence-corrected chi connectivity index (χ3v) is 4.27. The topological polar surface area (TPSA) is 113 Å². The van der Waals surface area contributed by atoms with Crippen molar-refractivity contribution < 1.29 is 13.7 Å². The minimum absolute atomic E-state index is 0. The highest BCUT2D eigenvalue weighted by atomic mass is 127. The third-order valence-electron chi connectivity index (χ3n) is 4.27. The van der Waals surface area contributed by atoms with E-state index in [1.54, 1.807) is 19.2 Å². The molecule has 0 saturated carbocycles. The largest absolute Gasteiger partial charge is 0.454 e. The zero-order valence-electron chi connectivity index (χ0n) is 15.5. The Labute approximate surface area is 175 Å². The molecule has 1 aliphatic rings. The van der Waals surface area contributed by atoms with Gasteiger partial charge >= 0.3 is 0 Å². The average molecular weight is 488 g/mol. The monoisotopic (exact) mass is 488 g/mol. The summed E-state index contributed by atoms with van der Waals surface area (Å²) in [5.74, 6) is 1.87. The molecule has 0 unspecified atom stereocenters. The van der Waals surface area contributed by atoms with E-state index in [4.69, 9.17) is 14.7 Å². The van der Waals surface area contributed by atoms with Gasteiger partial charge in [0.1, 0.15) is 11.5 Å². The highest BCUT2D eigenvalue weighted by molar-refractivity contribution is 14.0. The maximum atomic E-state index is 11.1. The lowest BCUT2D eigenvalue weighted by molar-refractivity contribution is 0.0972. The van der Waals surface area contributed by atoms with Crippen molar-refractivity contribution in [3.8, 4) is 0 Å². The van der Waals surface area contributed by atoms with Gasteiger partial charge in [-0.25, -0.2) is 0 Å². The number of carbonyl (C=O) groups excluding carboxylic acids is 1. The summed E-state index contributed by atoms with van der Waals surface area (Å²) in [5, 5.41) is 7.31. The number of carbonyl (C=O) groups is 1. The number of hydrogen-bond donors (Lipinski definition) is 2. The van der Waals surface area contributed by atoms with Crippen LogP contribution in [-0.4, -0.2) is 60.0 Å². The number of nitrogens with zero attached hydrogens (tertiary/aromatic N) is 4. The average Bonchev–Trinajstić information content (AvgIpc) is 3.26. The van der Waals surface area contributed by atoms with E-state index in [2.05, 4.69) is 25.3 Å². The Hall–Kier alpha value is -2.08. The Bertz CT molecular complexity index is 779. The lowest BCUT2D eigenvalue weighted by Gasteiger charge is -2.36. The Kier molecular flexibility index (Phi) is 7.66. The minimum atomic E-state index is -0.570. The number of hydrogen-bond acceptors (Lipinski definition) is 6. The number of furan rings is 1. The maximum absolute atomic E-state index is 11.1. The first-order valence-corrected chi connectivity index (χ1v) is 8.54. The van der Waals surface area contributed by atoms with Gasteiger partial charge in [0.25, 0.3) is 5.91 Å². The van der Waals surface area contributed by atoms with Crippen LogP contribution in [0.15, 0.2) is 32.1 Å². The van der Waals surface area contributed by atoms with Crippen molar-refractivity contribution >= 4 is 35.8 Å². The van der Waals surface area contributed by atoms with E-state index in [-0.39, 0.29) is 29.7 Å². The number of guanidine groups is 1.